The van der Waals surface area contributed by atoms with E-state index in [-0.39, 0.29) is 23.9 Å². The number of para-hydroxylation sites is 1. The maximum absolute atomic E-state index is 12.7. The van der Waals surface area contributed by atoms with Crippen LogP contribution in [0.2, 0.25) is 0 Å². The second-order valence-electron chi connectivity index (χ2n) is 7.97. The van der Waals surface area contributed by atoms with Crippen molar-refractivity contribution in [1.82, 2.24) is 0 Å². The van der Waals surface area contributed by atoms with Gasteiger partial charge in [0.05, 0.1) is 24.2 Å². The fourth-order valence-electron chi connectivity index (χ4n) is 3.59. The van der Waals surface area contributed by atoms with Crippen LogP contribution in [0.25, 0.3) is 17.0 Å². The van der Waals surface area contributed by atoms with Crippen molar-refractivity contribution < 1.29 is 36.6 Å². The molecule has 38 heavy (non-hydrogen) atoms. The highest BCUT2D eigenvalue weighted by Gasteiger charge is 2.22. The molecule has 3 aromatic carbocycles. The van der Waals surface area contributed by atoms with Gasteiger partial charge in [-0.25, -0.2) is 18.0 Å². The normalized spacial score (nSPS) is 11.4. The molecule has 1 N–H and O–H groups in total. The first kappa shape index (κ1) is 26.5. The van der Waals surface area contributed by atoms with Crippen molar-refractivity contribution >= 4 is 44.7 Å². The Hall–Kier alpha value is -4.57. The van der Waals surface area contributed by atoms with Gasteiger partial charge >= 0.3 is 11.9 Å². The van der Waals surface area contributed by atoms with E-state index in [1.54, 1.807) is 67.6 Å². The highest BCUT2D eigenvalue weighted by molar-refractivity contribution is 7.92. The number of sulfonamides is 1. The largest absolute Gasteiger partial charge is 0.497 e. The molecule has 196 valence electrons. The summed E-state index contributed by atoms with van der Waals surface area (Å²) >= 11 is 0. The molecule has 4 rings (SSSR count). The molecule has 10 heteroatoms. The number of esters is 2. The van der Waals surface area contributed by atoms with Crippen molar-refractivity contribution in [3.63, 3.8) is 0 Å². The molecule has 0 unspecified atom stereocenters. The molecule has 9 nitrogen and oxygen atoms in total. The molecule has 0 aliphatic heterocycles. The van der Waals surface area contributed by atoms with Crippen molar-refractivity contribution in [2.75, 3.05) is 18.4 Å². The van der Waals surface area contributed by atoms with E-state index in [1.807, 2.05) is 0 Å². The van der Waals surface area contributed by atoms with Gasteiger partial charge in [0, 0.05) is 17.1 Å². The van der Waals surface area contributed by atoms with Crippen LogP contribution in [0.1, 0.15) is 28.6 Å². The Morgan fingerprint density at radius 2 is 1.66 bits per heavy atom. The summed E-state index contributed by atoms with van der Waals surface area (Å²) < 4.78 is 48.9. The summed E-state index contributed by atoms with van der Waals surface area (Å²) in [6.07, 6.45) is 2.71. The Kier molecular flexibility index (Phi) is 8.12. The molecule has 0 aliphatic rings. The lowest BCUT2D eigenvalue weighted by Gasteiger charge is -2.09. The zero-order chi connectivity index (χ0) is 27.1. The third kappa shape index (κ3) is 6.22. The number of methoxy groups -OCH3 is 1. The molecule has 1 aromatic heterocycles. The summed E-state index contributed by atoms with van der Waals surface area (Å²) in [6, 6.07) is 19.5. The second kappa shape index (κ2) is 11.7. The number of nitrogens with one attached hydrogen (secondary N) is 1. The van der Waals surface area contributed by atoms with Crippen molar-refractivity contribution in [3.8, 4) is 5.75 Å². The number of furan rings is 1. The lowest BCUT2D eigenvalue weighted by Crippen LogP contribution is -2.12. The SMILES string of the molecule is CCOC(=O)c1oc2ccccc2c1COC(=O)/C=C/c1ccc(S(=O)(=O)Nc2ccc(OC)cc2)cc1. The smallest absolute Gasteiger partial charge is 0.374 e. The summed E-state index contributed by atoms with van der Waals surface area (Å²) in [4.78, 5) is 24.7. The van der Waals surface area contributed by atoms with Crippen LogP contribution in [0.4, 0.5) is 5.69 Å². The van der Waals surface area contributed by atoms with Crippen molar-refractivity contribution in [2.24, 2.45) is 0 Å². The first-order chi connectivity index (χ1) is 18.3. The van der Waals surface area contributed by atoms with Crippen LogP contribution >= 0.6 is 0 Å². The maximum atomic E-state index is 12.7. The highest BCUT2D eigenvalue weighted by Crippen LogP contribution is 2.27. The number of hydrogen-bond acceptors (Lipinski definition) is 8. The number of rotatable bonds is 10. The van der Waals surface area contributed by atoms with Crippen molar-refractivity contribution in [3.05, 3.63) is 95.8 Å². The van der Waals surface area contributed by atoms with Crippen LogP contribution in [-0.2, 0) is 30.9 Å². The van der Waals surface area contributed by atoms with E-state index in [9.17, 15) is 18.0 Å². The molecule has 0 aliphatic carbocycles. The Balaban J connectivity index is 1.40. The van der Waals surface area contributed by atoms with Crippen LogP contribution in [0.3, 0.4) is 0 Å². The maximum Gasteiger partial charge on any atom is 0.374 e. The molecule has 0 radical (unpaired) electrons. The number of hydrogen-bond donors (Lipinski definition) is 1. The van der Waals surface area contributed by atoms with E-state index in [0.717, 1.165) is 0 Å². The van der Waals surface area contributed by atoms with E-state index < -0.39 is 22.0 Å². The quantitative estimate of drug-likeness (QED) is 0.218. The van der Waals surface area contributed by atoms with Crippen molar-refractivity contribution in [1.29, 1.82) is 0 Å². The number of anilines is 1. The van der Waals surface area contributed by atoms with Crippen LogP contribution in [0.5, 0.6) is 5.75 Å². The van der Waals surface area contributed by atoms with Crippen LogP contribution < -0.4 is 9.46 Å². The predicted molar refractivity (Wildman–Crippen MR) is 141 cm³/mol. The fourth-order valence-corrected chi connectivity index (χ4v) is 4.65. The lowest BCUT2D eigenvalue weighted by molar-refractivity contribution is -0.138. The minimum Gasteiger partial charge on any atom is -0.497 e. The molecule has 0 saturated carbocycles. The third-order valence-electron chi connectivity index (χ3n) is 5.46. The number of benzene rings is 3. The van der Waals surface area contributed by atoms with Gasteiger partial charge in [-0.3, -0.25) is 4.72 Å². The van der Waals surface area contributed by atoms with Gasteiger partial charge in [-0.1, -0.05) is 30.3 Å². The number of carbonyl (C=O) groups is 2. The Bertz CT molecular complexity index is 1570. The summed E-state index contributed by atoms with van der Waals surface area (Å²) in [5.74, 6) is -0.685. The molecule has 0 amide bonds. The minimum atomic E-state index is -3.80. The van der Waals surface area contributed by atoms with Crippen LogP contribution in [-0.4, -0.2) is 34.1 Å². The minimum absolute atomic E-state index is 0.00937. The number of fused-ring (bicyclic) bond motifs is 1. The Labute approximate surface area is 219 Å². The lowest BCUT2D eigenvalue weighted by atomic mass is 10.1. The van der Waals surface area contributed by atoms with Gasteiger partial charge in [-0.05, 0) is 61.0 Å². The summed E-state index contributed by atoms with van der Waals surface area (Å²) in [5.41, 5.74) is 1.88. The molecule has 0 spiro atoms. The van der Waals surface area contributed by atoms with Gasteiger partial charge in [0.25, 0.3) is 10.0 Å². The summed E-state index contributed by atoms with van der Waals surface area (Å²) in [6.45, 7) is 1.67. The van der Waals surface area contributed by atoms with Gasteiger partial charge in [0.2, 0.25) is 5.76 Å². The molecule has 0 fully saturated rings. The van der Waals surface area contributed by atoms with E-state index in [1.165, 1.54) is 31.4 Å². The Morgan fingerprint density at radius 1 is 0.947 bits per heavy atom. The average Bonchev–Trinajstić information content (AvgIpc) is 3.30. The van der Waals surface area contributed by atoms with E-state index in [2.05, 4.69) is 4.72 Å². The molecular formula is C28H25NO8S. The number of ether oxygens (including phenoxy) is 3. The fraction of sp³-hybridized carbons (Fsp3) is 0.143. The molecule has 0 saturated heterocycles. The molecule has 4 aromatic rings. The summed E-state index contributed by atoms with van der Waals surface area (Å²) in [5, 5.41) is 0.646. The zero-order valence-electron chi connectivity index (χ0n) is 20.7. The average molecular weight is 536 g/mol. The first-order valence-electron chi connectivity index (χ1n) is 11.6. The Morgan fingerprint density at radius 3 is 2.34 bits per heavy atom. The van der Waals surface area contributed by atoms with Gasteiger partial charge in [-0.15, -0.1) is 0 Å². The topological polar surface area (TPSA) is 121 Å². The van der Waals surface area contributed by atoms with Gasteiger partial charge in [0.1, 0.15) is 17.9 Å². The van der Waals surface area contributed by atoms with Crippen molar-refractivity contribution in [2.45, 2.75) is 18.4 Å². The van der Waals surface area contributed by atoms with E-state index in [0.29, 0.717) is 33.5 Å². The van der Waals surface area contributed by atoms with Gasteiger partial charge in [0.15, 0.2) is 0 Å². The van der Waals surface area contributed by atoms with Crippen LogP contribution in [0.15, 0.2) is 88.2 Å². The molecule has 0 bridgehead atoms. The molecular weight excluding hydrogens is 510 g/mol. The summed E-state index contributed by atoms with van der Waals surface area (Å²) in [7, 11) is -2.28. The van der Waals surface area contributed by atoms with E-state index in [4.69, 9.17) is 18.6 Å². The third-order valence-corrected chi connectivity index (χ3v) is 6.86. The predicted octanol–water partition coefficient (Wildman–Crippen LogP) is 5.18. The first-order valence-corrected chi connectivity index (χ1v) is 13.1. The van der Waals surface area contributed by atoms with Gasteiger partial charge < -0.3 is 18.6 Å². The molecule has 0 atom stereocenters. The number of carbonyl (C=O) groups excluding carboxylic acids is 2. The standard InChI is InChI=1S/C28H25NO8S/c1-3-35-28(31)27-24(23-6-4-5-7-25(23)37-27)18-36-26(30)17-10-19-8-15-22(16-9-19)38(32,33)29-20-11-13-21(34-2)14-12-20/h4-17,29H,3,18H2,1-2H3/b17-10+. The second-order valence-corrected chi connectivity index (χ2v) is 9.65. The monoisotopic (exact) mass is 535 g/mol. The molecule has 1 heterocycles. The zero-order valence-corrected chi connectivity index (χ0v) is 21.5. The van der Waals surface area contributed by atoms with Gasteiger partial charge in [-0.2, -0.15) is 0 Å². The highest BCUT2D eigenvalue weighted by atomic mass is 32.2. The van der Waals surface area contributed by atoms with Crippen LogP contribution in [0, 0.1) is 0 Å². The van der Waals surface area contributed by atoms with E-state index >= 15 is 0 Å².